The summed E-state index contributed by atoms with van der Waals surface area (Å²) in [5.74, 6) is 0. The maximum Gasteiger partial charge on any atom is 0.136 e. The summed E-state index contributed by atoms with van der Waals surface area (Å²) in [4.78, 5) is 2.45. The van der Waals surface area contributed by atoms with Crippen LogP contribution in [0.5, 0.6) is 0 Å². The molecule has 0 atom stereocenters. The van der Waals surface area contributed by atoms with Gasteiger partial charge >= 0.3 is 0 Å². The number of hydrogen-bond donors (Lipinski definition) is 0. The number of benzene rings is 10. The van der Waals surface area contributed by atoms with Crippen molar-refractivity contribution in [3.05, 3.63) is 259 Å². The van der Waals surface area contributed by atoms with E-state index in [1.54, 1.807) is 0 Å². The third-order valence-electron chi connectivity index (χ3n) is 13.5. The Hall–Kier alpha value is -8.20. The molecule has 11 aromatic rings. The molecule has 0 unspecified atom stereocenters. The van der Waals surface area contributed by atoms with Crippen LogP contribution in [0.4, 0.5) is 17.1 Å². The minimum atomic E-state index is -0.430. The fourth-order valence-corrected chi connectivity index (χ4v) is 10.7. The summed E-state index contributed by atoms with van der Waals surface area (Å²) in [6.45, 7) is 0. The molecule has 0 aliphatic heterocycles. The first-order chi connectivity index (χ1) is 31.2. The molecule has 0 amide bonds. The average Bonchev–Trinajstić information content (AvgIpc) is 3.99. The lowest BCUT2D eigenvalue weighted by Gasteiger charge is -2.32. The molecular formula is C61H39NO. The fourth-order valence-electron chi connectivity index (χ4n) is 10.7. The van der Waals surface area contributed by atoms with Gasteiger partial charge in [0, 0.05) is 27.7 Å². The van der Waals surface area contributed by atoms with Gasteiger partial charge in [-0.1, -0.05) is 182 Å². The van der Waals surface area contributed by atoms with Crippen molar-refractivity contribution in [2.45, 2.75) is 5.41 Å². The van der Waals surface area contributed by atoms with Crippen LogP contribution in [0, 0.1) is 0 Å². The first kappa shape index (κ1) is 35.5. The summed E-state index contributed by atoms with van der Waals surface area (Å²) in [6, 6.07) is 86.4. The number of anilines is 3. The molecule has 63 heavy (non-hydrogen) atoms. The Labute approximate surface area is 366 Å². The van der Waals surface area contributed by atoms with E-state index in [1.165, 1.54) is 61.2 Å². The van der Waals surface area contributed by atoms with Crippen LogP contribution in [0.1, 0.15) is 22.3 Å². The Morgan fingerprint density at radius 1 is 0.302 bits per heavy atom. The van der Waals surface area contributed by atoms with E-state index < -0.39 is 5.41 Å². The molecule has 2 nitrogen and oxygen atoms in total. The van der Waals surface area contributed by atoms with Gasteiger partial charge in [0.1, 0.15) is 11.2 Å². The highest BCUT2D eigenvalue weighted by Crippen LogP contribution is 2.64. The van der Waals surface area contributed by atoms with Crippen LogP contribution >= 0.6 is 0 Å². The van der Waals surface area contributed by atoms with E-state index in [-0.39, 0.29) is 0 Å². The SMILES string of the molecule is c1ccc(-c2ccc(N(c3ccc(-c4ccc5c(c4)oc4cc(-c6ccccc6)ccc45)cc3)c3cccc4c3-c3ccccc3C43c4ccccc4-c4ccccc43)cc2)cc1. The lowest BCUT2D eigenvalue weighted by molar-refractivity contribution is 0.669. The predicted molar refractivity (Wildman–Crippen MR) is 261 cm³/mol. The molecule has 2 heteroatoms. The van der Waals surface area contributed by atoms with E-state index in [0.29, 0.717) is 0 Å². The molecule has 13 rings (SSSR count). The molecule has 0 N–H and O–H groups in total. The summed E-state index contributed by atoms with van der Waals surface area (Å²) in [6.07, 6.45) is 0. The van der Waals surface area contributed by atoms with Crippen molar-refractivity contribution in [2.24, 2.45) is 0 Å². The molecule has 0 saturated heterocycles. The van der Waals surface area contributed by atoms with Crippen LogP contribution in [0.15, 0.2) is 241 Å². The van der Waals surface area contributed by atoms with Crippen LogP contribution < -0.4 is 4.90 Å². The van der Waals surface area contributed by atoms with Gasteiger partial charge in [-0.2, -0.15) is 0 Å². The Morgan fingerprint density at radius 2 is 0.698 bits per heavy atom. The molecule has 2 aliphatic carbocycles. The average molecular weight is 802 g/mol. The van der Waals surface area contributed by atoms with E-state index in [9.17, 15) is 0 Å². The lowest BCUT2D eigenvalue weighted by Crippen LogP contribution is -2.26. The minimum absolute atomic E-state index is 0.430. The third kappa shape index (κ3) is 5.32. The van der Waals surface area contributed by atoms with Crippen LogP contribution in [-0.2, 0) is 5.41 Å². The fraction of sp³-hybridized carbons (Fsp3) is 0.0164. The quantitative estimate of drug-likeness (QED) is 0.167. The van der Waals surface area contributed by atoms with Gasteiger partial charge in [0.2, 0.25) is 0 Å². The number of hydrogen-bond acceptors (Lipinski definition) is 2. The monoisotopic (exact) mass is 801 g/mol. The van der Waals surface area contributed by atoms with Crippen LogP contribution in [0.25, 0.3) is 77.6 Å². The van der Waals surface area contributed by atoms with Gasteiger partial charge in [-0.3, -0.25) is 0 Å². The highest BCUT2D eigenvalue weighted by molar-refractivity contribution is 6.07. The van der Waals surface area contributed by atoms with Crippen LogP contribution in [0.2, 0.25) is 0 Å². The maximum atomic E-state index is 6.54. The first-order valence-corrected chi connectivity index (χ1v) is 21.7. The summed E-state index contributed by atoms with van der Waals surface area (Å²) >= 11 is 0. The smallest absolute Gasteiger partial charge is 0.136 e. The largest absolute Gasteiger partial charge is 0.456 e. The standard InChI is InChI=1S/C61H39NO/c1-3-14-40(15-4-1)42-26-32-46(33-27-42)62(47-34-28-43(29-35-47)45-31-37-51-50-36-30-44(41-16-5-2-6-17-41)38-58(50)63-59(51)39-45)57-25-13-24-56-60(57)52-20-9-12-23-55(52)61(56)53-21-10-7-18-48(53)49-19-8-11-22-54(49)61/h1-39H. The number of nitrogens with zero attached hydrogens (tertiary/aromatic N) is 1. The molecular weight excluding hydrogens is 763 g/mol. The summed E-state index contributed by atoms with van der Waals surface area (Å²) in [7, 11) is 0. The van der Waals surface area contributed by atoms with Crippen molar-refractivity contribution < 1.29 is 4.42 Å². The van der Waals surface area contributed by atoms with E-state index in [2.05, 4.69) is 235 Å². The van der Waals surface area contributed by atoms with Gasteiger partial charge in [-0.05, 0) is 127 Å². The molecule has 0 saturated carbocycles. The molecule has 10 aromatic carbocycles. The van der Waals surface area contributed by atoms with Crippen molar-refractivity contribution in [3.63, 3.8) is 0 Å². The highest BCUT2D eigenvalue weighted by Gasteiger charge is 2.52. The number of rotatable bonds is 6. The Kier molecular flexibility index (Phi) is 7.85. The Bertz CT molecular complexity index is 3500. The van der Waals surface area contributed by atoms with Gasteiger partial charge in [-0.25, -0.2) is 0 Å². The lowest BCUT2D eigenvalue weighted by atomic mass is 9.70. The zero-order valence-corrected chi connectivity index (χ0v) is 34.4. The number of furan rings is 1. The zero-order chi connectivity index (χ0) is 41.5. The highest BCUT2D eigenvalue weighted by atomic mass is 16.3. The Morgan fingerprint density at radius 3 is 1.24 bits per heavy atom. The molecule has 1 heterocycles. The van der Waals surface area contributed by atoms with E-state index >= 15 is 0 Å². The van der Waals surface area contributed by atoms with Gasteiger partial charge in [-0.15, -0.1) is 0 Å². The second kappa shape index (κ2) is 13.9. The maximum absolute atomic E-state index is 6.54. The van der Waals surface area contributed by atoms with Crippen molar-refractivity contribution in [1.29, 1.82) is 0 Å². The van der Waals surface area contributed by atoms with Gasteiger partial charge < -0.3 is 9.32 Å². The normalized spacial score (nSPS) is 12.9. The van der Waals surface area contributed by atoms with Gasteiger partial charge in [0.05, 0.1) is 11.1 Å². The van der Waals surface area contributed by atoms with Crippen LogP contribution in [-0.4, -0.2) is 0 Å². The number of fused-ring (bicyclic) bond motifs is 13. The van der Waals surface area contributed by atoms with E-state index in [0.717, 1.165) is 55.7 Å². The molecule has 0 fully saturated rings. The predicted octanol–water partition coefficient (Wildman–Crippen LogP) is 16.4. The van der Waals surface area contributed by atoms with Gasteiger partial charge in [0.25, 0.3) is 0 Å². The van der Waals surface area contributed by atoms with E-state index in [4.69, 9.17) is 4.42 Å². The molecule has 294 valence electrons. The minimum Gasteiger partial charge on any atom is -0.456 e. The molecule has 2 aliphatic rings. The van der Waals surface area contributed by atoms with Crippen molar-refractivity contribution in [3.8, 4) is 55.6 Å². The second-order valence-corrected chi connectivity index (χ2v) is 16.8. The van der Waals surface area contributed by atoms with E-state index in [1.807, 2.05) is 6.07 Å². The zero-order valence-electron chi connectivity index (χ0n) is 34.4. The topological polar surface area (TPSA) is 16.4 Å². The molecule has 0 bridgehead atoms. The third-order valence-corrected chi connectivity index (χ3v) is 13.5. The Balaban J connectivity index is 0.960. The molecule has 0 radical (unpaired) electrons. The summed E-state index contributed by atoms with van der Waals surface area (Å²) in [5.41, 5.74) is 22.1. The van der Waals surface area contributed by atoms with Gasteiger partial charge in [0.15, 0.2) is 0 Å². The van der Waals surface area contributed by atoms with Crippen molar-refractivity contribution in [1.82, 2.24) is 0 Å². The second-order valence-electron chi connectivity index (χ2n) is 16.8. The first-order valence-electron chi connectivity index (χ1n) is 21.7. The molecule has 1 aromatic heterocycles. The van der Waals surface area contributed by atoms with Crippen molar-refractivity contribution >= 4 is 39.0 Å². The summed E-state index contributed by atoms with van der Waals surface area (Å²) in [5, 5.41) is 2.25. The molecule has 1 spiro atoms. The summed E-state index contributed by atoms with van der Waals surface area (Å²) < 4.78 is 6.54. The van der Waals surface area contributed by atoms with Crippen LogP contribution in [0.3, 0.4) is 0 Å². The van der Waals surface area contributed by atoms with Crippen molar-refractivity contribution in [2.75, 3.05) is 4.90 Å².